The van der Waals surface area contributed by atoms with Gasteiger partial charge in [0.2, 0.25) is 0 Å². The fourth-order valence-electron chi connectivity index (χ4n) is 2.40. The zero-order valence-electron chi connectivity index (χ0n) is 14.1. The van der Waals surface area contributed by atoms with E-state index >= 15 is 0 Å². The Balaban J connectivity index is 1.70. The van der Waals surface area contributed by atoms with E-state index < -0.39 is 0 Å². The lowest BCUT2D eigenvalue weighted by Gasteiger charge is -2.13. The lowest BCUT2D eigenvalue weighted by molar-refractivity contribution is 0.102. The summed E-state index contributed by atoms with van der Waals surface area (Å²) in [7, 11) is 0. The minimum atomic E-state index is -0.270. The van der Waals surface area contributed by atoms with E-state index in [1.807, 2.05) is 18.2 Å². The van der Waals surface area contributed by atoms with Gasteiger partial charge in [-0.3, -0.25) is 9.78 Å². The van der Waals surface area contributed by atoms with Crippen LogP contribution in [0.1, 0.15) is 35.7 Å². The maximum Gasteiger partial charge on any atom is 0.258 e. The summed E-state index contributed by atoms with van der Waals surface area (Å²) in [4.78, 5) is 16.0. The zero-order chi connectivity index (χ0) is 17.6. The molecule has 2 N–H and O–H groups in total. The highest BCUT2D eigenvalue weighted by Gasteiger charge is 2.09. The van der Waals surface area contributed by atoms with Gasteiger partial charge in [0.05, 0.1) is 5.56 Å². The molecule has 0 aliphatic carbocycles. The number of hydrogen-bond donors (Lipinski definition) is 2. The van der Waals surface area contributed by atoms with E-state index in [2.05, 4.69) is 45.7 Å². The van der Waals surface area contributed by atoms with E-state index in [-0.39, 0.29) is 5.91 Å². The van der Waals surface area contributed by atoms with Gasteiger partial charge in [0.1, 0.15) is 0 Å². The molecule has 2 heterocycles. The second-order valence-electron chi connectivity index (χ2n) is 5.87. The quantitative estimate of drug-likeness (QED) is 0.738. The van der Waals surface area contributed by atoms with E-state index in [0.717, 1.165) is 5.69 Å². The molecule has 0 bridgehead atoms. The first-order valence-corrected chi connectivity index (χ1v) is 8.04. The number of anilines is 3. The minimum absolute atomic E-state index is 0.270. The van der Waals surface area contributed by atoms with Crippen LogP contribution in [0, 0.1) is 0 Å². The Hall–Kier alpha value is -3.28. The van der Waals surface area contributed by atoms with Crippen molar-refractivity contribution in [2.24, 2.45) is 0 Å². The third-order valence-corrected chi connectivity index (χ3v) is 3.68. The smallest absolute Gasteiger partial charge is 0.258 e. The van der Waals surface area contributed by atoms with Gasteiger partial charge in [0.25, 0.3) is 5.91 Å². The van der Waals surface area contributed by atoms with Gasteiger partial charge in [-0.15, -0.1) is 10.2 Å². The van der Waals surface area contributed by atoms with Gasteiger partial charge < -0.3 is 10.6 Å². The van der Waals surface area contributed by atoms with Gasteiger partial charge in [-0.1, -0.05) is 32.0 Å². The molecule has 2 aromatic heterocycles. The number of carbonyl (C=O) groups excluding carboxylic acids is 1. The highest BCUT2D eigenvalue weighted by Crippen LogP contribution is 2.26. The molecule has 6 heteroatoms. The Morgan fingerprint density at radius 2 is 1.72 bits per heavy atom. The van der Waals surface area contributed by atoms with Crippen molar-refractivity contribution in [3.05, 3.63) is 72.1 Å². The average molecular weight is 333 g/mol. The molecule has 0 spiro atoms. The number of rotatable bonds is 5. The second-order valence-corrected chi connectivity index (χ2v) is 5.87. The molecule has 1 amide bonds. The molecule has 0 aliphatic heterocycles. The zero-order valence-corrected chi connectivity index (χ0v) is 14.1. The third-order valence-electron chi connectivity index (χ3n) is 3.68. The number of hydrogen-bond acceptors (Lipinski definition) is 5. The number of amides is 1. The Bertz CT molecular complexity index is 847. The van der Waals surface area contributed by atoms with Gasteiger partial charge in [0.15, 0.2) is 11.6 Å². The standard InChI is InChI=1S/C19H19N5O/c1-13(2)15-7-3-4-8-16(15)21-17-9-10-18(24-23-17)22-19(25)14-6-5-11-20-12-14/h3-13H,1-2H3,(H,21,23)(H,22,24,25). The van der Waals surface area contributed by atoms with Crippen molar-refractivity contribution < 1.29 is 4.79 Å². The van der Waals surface area contributed by atoms with Crippen molar-refractivity contribution in [2.75, 3.05) is 10.6 Å². The molecular weight excluding hydrogens is 314 g/mol. The molecule has 0 saturated heterocycles. The molecule has 0 aliphatic rings. The molecule has 3 aromatic rings. The fraction of sp³-hybridized carbons (Fsp3) is 0.158. The van der Waals surface area contributed by atoms with Crippen LogP contribution in [0.4, 0.5) is 17.3 Å². The largest absolute Gasteiger partial charge is 0.338 e. The Morgan fingerprint density at radius 3 is 2.40 bits per heavy atom. The van der Waals surface area contributed by atoms with Crippen molar-refractivity contribution in [2.45, 2.75) is 19.8 Å². The van der Waals surface area contributed by atoms with Gasteiger partial charge in [-0.2, -0.15) is 0 Å². The second kappa shape index (κ2) is 7.53. The van der Waals surface area contributed by atoms with E-state index in [4.69, 9.17) is 0 Å². The first-order chi connectivity index (χ1) is 12.1. The van der Waals surface area contributed by atoms with E-state index in [0.29, 0.717) is 23.1 Å². The summed E-state index contributed by atoms with van der Waals surface area (Å²) < 4.78 is 0. The first-order valence-electron chi connectivity index (χ1n) is 8.04. The Labute approximate surface area is 146 Å². The summed E-state index contributed by atoms with van der Waals surface area (Å²) in [6, 6.07) is 15.0. The Kier molecular flexibility index (Phi) is 4.99. The summed E-state index contributed by atoms with van der Waals surface area (Å²) >= 11 is 0. The summed E-state index contributed by atoms with van der Waals surface area (Å²) in [6.07, 6.45) is 3.12. The molecule has 3 rings (SSSR count). The van der Waals surface area contributed by atoms with Crippen LogP contribution < -0.4 is 10.6 Å². The van der Waals surface area contributed by atoms with Crippen LogP contribution >= 0.6 is 0 Å². The number of benzene rings is 1. The number of carbonyl (C=O) groups is 1. The molecule has 126 valence electrons. The van der Waals surface area contributed by atoms with Crippen molar-refractivity contribution in [3.8, 4) is 0 Å². The summed E-state index contributed by atoms with van der Waals surface area (Å²) in [5.74, 6) is 1.13. The third kappa shape index (κ3) is 4.17. The van der Waals surface area contributed by atoms with Crippen LogP contribution in [0.3, 0.4) is 0 Å². The normalized spacial score (nSPS) is 10.5. The number of para-hydroxylation sites is 1. The first kappa shape index (κ1) is 16.6. The molecule has 6 nitrogen and oxygen atoms in total. The van der Waals surface area contributed by atoms with E-state index in [1.54, 1.807) is 30.5 Å². The van der Waals surface area contributed by atoms with Gasteiger partial charge >= 0.3 is 0 Å². The SMILES string of the molecule is CC(C)c1ccccc1Nc1ccc(NC(=O)c2cccnc2)nn1. The average Bonchev–Trinajstić information content (AvgIpc) is 2.64. The van der Waals surface area contributed by atoms with Crippen molar-refractivity contribution in [3.63, 3.8) is 0 Å². The van der Waals surface area contributed by atoms with Crippen molar-refractivity contribution in [1.29, 1.82) is 0 Å². The molecule has 0 radical (unpaired) electrons. The van der Waals surface area contributed by atoms with E-state index in [1.165, 1.54) is 11.8 Å². The van der Waals surface area contributed by atoms with E-state index in [9.17, 15) is 4.79 Å². The van der Waals surface area contributed by atoms with Crippen LogP contribution in [0.25, 0.3) is 0 Å². The van der Waals surface area contributed by atoms with Gasteiger partial charge in [-0.25, -0.2) is 0 Å². The van der Waals surface area contributed by atoms with Crippen LogP contribution in [0.5, 0.6) is 0 Å². The Morgan fingerprint density at radius 1 is 0.960 bits per heavy atom. The lowest BCUT2D eigenvalue weighted by Crippen LogP contribution is -2.13. The molecule has 0 atom stereocenters. The summed E-state index contributed by atoms with van der Waals surface area (Å²) in [5, 5.41) is 14.1. The van der Waals surface area contributed by atoms with Crippen LogP contribution in [0.15, 0.2) is 60.9 Å². The monoisotopic (exact) mass is 333 g/mol. The molecule has 0 saturated carbocycles. The van der Waals surface area contributed by atoms with Crippen LogP contribution in [-0.2, 0) is 0 Å². The molecule has 0 unspecified atom stereocenters. The van der Waals surface area contributed by atoms with Crippen LogP contribution in [-0.4, -0.2) is 21.1 Å². The number of aromatic nitrogens is 3. The minimum Gasteiger partial charge on any atom is -0.338 e. The predicted octanol–water partition coefficient (Wildman–Crippen LogP) is 3.99. The topological polar surface area (TPSA) is 79.8 Å². The highest BCUT2D eigenvalue weighted by molar-refractivity contribution is 6.03. The van der Waals surface area contributed by atoms with Crippen molar-refractivity contribution >= 4 is 23.2 Å². The van der Waals surface area contributed by atoms with Crippen LogP contribution in [0.2, 0.25) is 0 Å². The maximum atomic E-state index is 12.1. The predicted molar refractivity (Wildman–Crippen MR) is 98.0 cm³/mol. The molecule has 25 heavy (non-hydrogen) atoms. The number of nitrogens with one attached hydrogen (secondary N) is 2. The summed E-state index contributed by atoms with van der Waals surface area (Å²) in [6.45, 7) is 4.28. The molecular formula is C19H19N5O. The molecule has 1 aromatic carbocycles. The molecule has 0 fully saturated rings. The fourth-order valence-corrected chi connectivity index (χ4v) is 2.40. The lowest BCUT2D eigenvalue weighted by atomic mass is 10.0. The maximum absolute atomic E-state index is 12.1. The number of nitrogens with zero attached hydrogens (tertiary/aromatic N) is 3. The number of pyridine rings is 1. The summed E-state index contributed by atoms with van der Waals surface area (Å²) in [5.41, 5.74) is 2.68. The van der Waals surface area contributed by atoms with Crippen molar-refractivity contribution in [1.82, 2.24) is 15.2 Å². The van der Waals surface area contributed by atoms with Gasteiger partial charge in [-0.05, 0) is 41.8 Å². The highest BCUT2D eigenvalue weighted by atomic mass is 16.1. The van der Waals surface area contributed by atoms with Gasteiger partial charge in [0, 0.05) is 18.1 Å².